The normalized spacial score (nSPS) is 13.7. The molecule has 0 bridgehead atoms. The van der Waals surface area contributed by atoms with Gasteiger partial charge in [0.25, 0.3) is 0 Å². The van der Waals surface area contributed by atoms with Gasteiger partial charge in [-0.3, -0.25) is 0 Å². The SMILES string of the molecule is CC(C)NC(CO)c1cscn1. The first-order valence-electron chi connectivity index (χ1n) is 3.99. The van der Waals surface area contributed by atoms with Gasteiger partial charge in [0.2, 0.25) is 0 Å². The fourth-order valence-corrected chi connectivity index (χ4v) is 1.64. The predicted octanol–water partition coefficient (Wildman–Crippen LogP) is 1.17. The van der Waals surface area contributed by atoms with E-state index in [2.05, 4.69) is 24.1 Å². The zero-order valence-corrected chi connectivity index (χ0v) is 8.14. The molecule has 0 aliphatic heterocycles. The molecule has 0 aliphatic rings. The summed E-state index contributed by atoms with van der Waals surface area (Å²) in [5.41, 5.74) is 2.70. The zero-order valence-electron chi connectivity index (χ0n) is 7.32. The molecule has 0 aliphatic carbocycles. The Morgan fingerprint density at radius 1 is 1.67 bits per heavy atom. The van der Waals surface area contributed by atoms with E-state index in [0.29, 0.717) is 6.04 Å². The number of rotatable bonds is 4. The van der Waals surface area contributed by atoms with Crippen molar-refractivity contribution in [2.24, 2.45) is 0 Å². The largest absolute Gasteiger partial charge is 0.394 e. The smallest absolute Gasteiger partial charge is 0.0795 e. The van der Waals surface area contributed by atoms with Gasteiger partial charge in [0, 0.05) is 11.4 Å². The summed E-state index contributed by atoms with van der Waals surface area (Å²) in [6, 6.07) is 0.347. The minimum atomic E-state index is -0.0174. The van der Waals surface area contributed by atoms with E-state index in [0.717, 1.165) is 5.69 Å². The molecule has 0 fully saturated rings. The lowest BCUT2D eigenvalue weighted by Crippen LogP contribution is -2.30. The quantitative estimate of drug-likeness (QED) is 0.742. The van der Waals surface area contributed by atoms with E-state index in [9.17, 15) is 0 Å². The van der Waals surface area contributed by atoms with Crippen LogP contribution in [0.5, 0.6) is 0 Å². The van der Waals surface area contributed by atoms with Gasteiger partial charge in [-0.2, -0.15) is 0 Å². The summed E-state index contributed by atoms with van der Waals surface area (Å²) in [6.45, 7) is 4.20. The molecule has 1 heterocycles. The average Bonchev–Trinajstić information content (AvgIpc) is 2.51. The molecule has 0 radical (unpaired) electrons. The van der Waals surface area contributed by atoms with Crippen molar-refractivity contribution >= 4 is 11.3 Å². The highest BCUT2D eigenvalue weighted by Crippen LogP contribution is 2.12. The topological polar surface area (TPSA) is 45.1 Å². The van der Waals surface area contributed by atoms with Crippen LogP contribution in [0, 0.1) is 0 Å². The van der Waals surface area contributed by atoms with Gasteiger partial charge < -0.3 is 10.4 Å². The van der Waals surface area contributed by atoms with Crippen LogP contribution in [-0.4, -0.2) is 22.7 Å². The Morgan fingerprint density at radius 2 is 2.42 bits per heavy atom. The molecule has 2 N–H and O–H groups in total. The van der Waals surface area contributed by atoms with Crippen LogP contribution in [-0.2, 0) is 0 Å². The Morgan fingerprint density at radius 3 is 2.83 bits per heavy atom. The highest BCUT2D eigenvalue weighted by Gasteiger charge is 2.12. The van der Waals surface area contributed by atoms with Crippen LogP contribution in [0.2, 0.25) is 0 Å². The van der Waals surface area contributed by atoms with Crippen molar-refractivity contribution in [3.63, 3.8) is 0 Å². The fraction of sp³-hybridized carbons (Fsp3) is 0.625. The maximum absolute atomic E-state index is 9.05. The van der Waals surface area contributed by atoms with Crippen LogP contribution in [0.4, 0.5) is 0 Å². The molecule has 4 heteroatoms. The summed E-state index contributed by atoms with van der Waals surface area (Å²) in [7, 11) is 0. The number of thiazole rings is 1. The summed E-state index contributed by atoms with van der Waals surface area (Å²) < 4.78 is 0. The Bertz CT molecular complexity index is 211. The van der Waals surface area contributed by atoms with Gasteiger partial charge in [0.1, 0.15) is 0 Å². The number of nitrogens with zero attached hydrogens (tertiary/aromatic N) is 1. The van der Waals surface area contributed by atoms with E-state index in [4.69, 9.17) is 5.11 Å². The maximum atomic E-state index is 9.05. The number of nitrogens with one attached hydrogen (secondary N) is 1. The van der Waals surface area contributed by atoms with Crippen molar-refractivity contribution < 1.29 is 5.11 Å². The first-order valence-corrected chi connectivity index (χ1v) is 4.93. The van der Waals surface area contributed by atoms with Crippen LogP contribution in [0.1, 0.15) is 25.6 Å². The summed E-state index contributed by atoms with van der Waals surface area (Å²) in [6.07, 6.45) is 0. The van der Waals surface area contributed by atoms with Crippen molar-refractivity contribution in [1.29, 1.82) is 0 Å². The summed E-state index contributed by atoms with van der Waals surface area (Å²) in [5.74, 6) is 0. The molecule has 0 saturated carbocycles. The molecule has 1 aromatic rings. The lowest BCUT2D eigenvalue weighted by molar-refractivity contribution is 0.235. The third-order valence-corrected chi connectivity index (χ3v) is 2.13. The van der Waals surface area contributed by atoms with Gasteiger partial charge in [-0.1, -0.05) is 13.8 Å². The molecule has 1 atom stereocenters. The molecule has 68 valence electrons. The average molecular weight is 186 g/mol. The number of hydrogen-bond donors (Lipinski definition) is 2. The van der Waals surface area contributed by atoms with E-state index in [1.54, 1.807) is 16.8 Å². The third-order valence-electron chi connectivity index (χ3n) is 1.53. The molecule has 3 nitrogen and oxygen atoms in total. The number of hydrogen-bond acceptors (Lipinski definition) is 4. The zero-order chi connectivity index (χ0) is 8.97. The van der Waals surface area contributed by atoms with Crippen molar-refractivity contribution in [2.75, 3.05) is 6.61 Å². The molecule has 0 aromatic carbocycles. The molecular weight excluding hydrogens is 172 g/mol. The van der Waals surface area contributed by atoms with Crippen LogP contribution in [0.3, 0.4) is 0 Å². The van der Waals surface area contributed by atoms with E-state index in [1.165, 1.54) is 0 Å². The highest BCUT2D eigenvalue weighted by molar-refractivity contribution is 7.07. The monoisotopic (exact) mass is 186 g/mol. The molecule has 0 saturated heterocycles. The molecule has 1 unspecified atom stereocenters. The van der Waals surface area contributed by atoms with E-state index in [-0.39, 0.29) is 12.6 Å². The van der Waals surface area contributed by atoms with Crippen molar-refractivity contribution in [2.45, 2.75) is 25.9 Å². The van der Waals surface area contributed by atoms with Gasteiger partial charge in [-0.15, -0.1) is 11.3 Å². The lowest BCUT2D eigenvalue weighted by atomic mass is 10.2. The number of aliphatic hydroxyl groups excluding tert-OH is 1. The van der Waals surface area contributed by atoms with Crippen LogP contribution < -0.4 is 5.32 Å². The minimum Gasteiger partial charge on any atom is -0.394 e. The van der Waals surface area contributed by atoms with Crippen molar-refractivity contribution in [3.8, 4) is 0 Å². The predicted molar refractivity (Wildman–Crippen MR) is 50.2 cm³/mol. The van der Waals surface area contributed by atoms with Crippen LogP contribution in [0.25, 0.3) is 0 Å². The minimum absolute atomic E-state index is 0.0174. The third kappa shape index (κ3) is 2.55. The van der Waals surface area contributed by atoms with Gasteiger partial charge in [-0.25, -0.2) is 4.98 Å². The maximum Gasteiger partial charge on any atom is 0.0795 e. The standard InChI is InChI=1S/C8H14N2OS/c1-6(2)10-7(3-11)8-4-12-5-9-8/h4-7,10-11H,3H2,1-2H3. The molecular formula is C8H14N2OS. The van der Waals surface area contributed by atoms with Crippen LogP contribution >= 0.6 is 11.3 Å². The first-order chi connectivity index (χ1) is 5.74. The summed E-state index contributed by atoms with van der Waals surface area (Å²) >= 11 is 1.55. The van der Waals surface area contributed by atoms with Gasteiger partial charge in [-0.05, 0) is 0 Å². The number of aliphatic hydroxyl groups is 1. The molecule has 0 amide bonds. The van der Waals surface area contributed by atoms with Crippen molar-refractivity contribution in [3.05, 3.63) is 16.6 Å². The van der Waals surface area contributed by atoms with Gasteiger partial charge in [0.15, 0.2) is 0 Å². The second-order valence-corrected chi connectivity index (χ2v) is 3.69. The fourth-order valence-electron chi connectivity index (χ4n) is 1.03. The summed E-state index contributed by atoms with van der Waals surface area (Å²) in [4.78, 5) is 4.14. The Kier molecular flexibility index (Phi) is 3.65. The molecule has 1 aromatic heterocycles. The van der Waals surface area contributed by atoms with E-state index >= 15 is 0 Å². The van der Waals surface area contributed by atoms with Crippen LogP contribution in [0.15, 0.2) is 10.9 Å². The van der Waals surface area contributed by atoms with E-state index < -0.39 is 0 Å². The lowest BCUT2D eigenvalue weighted by Gasteiger charge is -2.16. The summed E-state index contributed by atoms with van der Waals surface area (Å²) in [5, 5.41) is 14.2. The first kappa shape index (κ1) is 9.64. The molecule has 12 heavy (non-hydrogen) atoms. The second-order valence-electron chi connectivity index (χ2n) is 2.97. The highest BCUT2D eigenvalue weighted by atomic mass is 32.1. The Balaban J connectivity index is 2.57. The van der Waals surface area contributed by atoms with Gasteiger partial charge in [0.05, 0.1) is 23.9 Å². The van der Waals surface area contributed by atoms with E-state index in [1.807, 2.05) is 5.38 Å². The Labute approximate surface area is 76.5 Å². The number of aromatic nitrogens is 1. The van der Waals surface area contributed by atoms with Gasteiger partial charge >= 0.3 is 0 Å². The molecule has 1 rings (SSSR count). The molecule has 0 spiro atoms. The second kappa shape index (κ2) is 4.54. The Hall–Kier alpha value is -0.450. The van der Waals surface area contributed by atoms with Crippen molar-refractivity contribution in [1.82, 2.24) is 10.3 Å².